The minimum Gasteiger partial charge on any atom is -0.435 e. The van der Waals surface area contributed by atoms with Gasteiger partial charge in [0.1, 0.15) is 0 Å². The van der Waals surface area contributed by atoms with Crippen LogP contribution in [-0.2, 0) is 19.2 Å². The summed E-state index contributed by atoms with van der Waals surface area (Å²) >= 11 is 6.10. The second kappa shape index (κ2) is 7.09. The van der Waals surface area contributed by atoms with Gasteiger partial charge in [-0.1, -0.05) is 11.6 Å². The maximum absolute atomic E-state index is 14.8. The van der Waals surface area contributed by atoms with Gasteiger partial charge in [-0.2, -0.15) is 0 Å². The van der Waals surface area contributed by atoms with Crippen LogP contribution < -0.4 is 0 Å². The lowest BCUT2D eigenvalue weighted by Gasteiger charge is -2.43. The first-order valence-electron chi connectivity index (χ1n) is 11.1. The summed E-state index contributed by atoms with van der Waals surface area (Å²) < 4.78 is 29.0. The number of aliphatic hydroxyl groups is 1. The molecular formula is C22H27ClN2O5S. The van der Waals surface area contributed by atoms with Crippen molar-refractivity contribution in [1.82, 2.24) is 9.21 Å². The van der Waals surface area contributed by atoms with E-state index in [2.05, 4.69) is 4.31 Å². The zero-order valence-corrected chi connectivity index (χ0v) is 18.8. The number of hydrogen-bond acceptors (Lipinski definition) is 5. The molecule has 1 aromatic rings. The number of benzene rings is 1. The average molecular weight is 467 g/mol. The molecule has 1 amide bonds. The fourth-order valence-corrected chi connectivity index (χ4v) is 9.37. The zero-order valence-electron chi connectivity index (χ0n) is 17.2. The highest BCUT2D eigenvalue weighted by Gasteiger charge is 2.73. The van der Waals surface area contributed by atoms with E-state index in [0.29, 0.717) is 37.1 Å². The standard InChI is InChI=1S/C22H27ClN2O5S/c23-15-5-7-17(8-6-15)31(28)20-10-22(20,30-21(27)24-9-1-2-16(24)11-26)19-13-29-12-18(25(19)31)14-3-4-14/h5-8,14,16,18-19,26H,1-4,9-13H2/t16-,18-,19+,22?,31?/m0/s1. The van der Waals surface area contributed by atoms with E-state index in [1.165, 1.54) is 0 Å². The molecule has 0 aromatic heterocycles. The van der Waals surface area contributed by atoms with Gasteiger partial charge in [0.05, 0.1) is 46.5 Å². The minimum absolute atomic E-state index is 0.0646. The van der Waals surface area contributed by atoms with Crippen molar-refractivity contribution < 1.29 is 23.6 Å². The molecule has 31 heavy (non-hydrogen) atoms. The number of aliphatic hydroxyl groups excluding tert-OH is 1. The minimum atomic E-state index is -2.69. The van der Waals surface area contributed by atoms with Gasteiger partial charge in [-0.3, -0.25) is 0 Å². The van der Waals surface area contributed by atoms with Crippen LogP contribution in [-0.4, -0.2) is 79.6 Å². The molecule has 4 fully saturated rings. The summed E-state index contributed by atoms with van der Waals surface area (Å²) in [5.74, 6) is 0.471. The number of morpholine rings is 1. The van der Waals surface area contributed by atoms with Crippen LogP contribution in [0.4, 0.5) is 4.79 Å². The van der Waals surface area contributed by atoms with Crippen molar-refractivity contribution in [2.45, 2.75) is 60.7 Å². The molecule has 2 saturated carbocycles. The van der Waals surface area contributed by atoms with Crippen LogP contribution in [0.1, 0.15) is 32.1 Å². The van der Waals surface area contributed by atoms with E-state index in [1.807, 2.05) is 12.1 Å². The summed E-state index contributed by atoms with van der Waals surface area (Å²) in [6, 6.07) is 6.84. The van der Waals surface area contributed by atoms with Gasteiger partial charge in [0.2, 0.25) is 0 Å². The highest BCUT2D eigenvalue weighted by atomic mass is 35.5. The summed E-state index contributed by atoms with van der Waals surface area (Å²) in [6.45, 7) is 1.47. The van der Waals surface area contributed by atoms with Crippen LogP contribution in [0.3, 0.4) is 0 Å². The Morgan fingerprint density at radius 3 is 2.74 bits per heavy atom. The second-order valence-corrected chi connectivity index (χ2v) is 12.2. The van der Waals surface area contributed by atoms with Crippen molar-refractivity contribution >= 4 is 32.3 Å². The number of likely N-dealkylation sites (tertiary alicyclic amines) is 1. The highest BCUT2D eigenvalue weighted by molar-refractivity contribution is 8.01. The van der Waals surface area contributed by atoms with Gasteiger partial charge in [-0.05, 0) is 55.9 Å². The van der Waals surface area contributed by atoms with Gasteiger partial charge in [0, 0.05) is 28.9 Å². The van der Waals surface area contributed by atoms with Crippen LogP contribution in [0.5, 0.6) is 0 Å². The van der Waals surface area contributed by atoms with Gasteiger partial charge >= 0.3 is 6.09 Å². The average Bonchev–Trinajstić information content (AvgIpc) is 3.68. The van der Waals surface area contributed by atoms with Gasteiger partial charge in [0.25, 0.3) is 0 Å². The Bertz CT molecular complexity index is 1030. The first kappa shape index (κ1) is 20.3. The number of carbonyl (C=O) groups excluding carboxylic acids is 1. The van der Waals surface area contributed by atoms with Gasteiger partial charge in [0.15, 0.2) is 5.60 Å². The summed E-state index contributed by atoms with van der Waals surface area (Å²) in [5, 5.41) is 10.2. The number of hydrogen-bond donors (Lipinski definition) is 1. The zero-order chi connectivity index (χ0) is 21.4. The molecule has 0 spiro atoms. The molecule has 6 rings (SSSR count). The number of amides is 1. The number of halogens is 1. The molecule has 7 nitrogen and oxygen atoms in total. The summed E-state index contributed by atoms with van der Waals surface area (Å²) in [6.07, 6.45) is 3.94. The Kier molecular flexibility index (Phi) is 4.64. The first-order chi connectivity index (χ1) is 15.0. The highest BCUT2D eigenvalue weighted by Crippen LogP contribution is 2.56. The number of ether oxygens (including phenoxy) is 2. The predicted octanol–water partition coefficient (Wildman–Crippen LogP) is 2.30. The third kappa shape index (κ3) is 2.92. The summed E-state index contributed by atoms with van der Waals surface area (Å²) in [5.41, 5.74) is -0.871. The predicted molar refractivity (Wildman–Crippen MR) is 116 cm³/mol. The Balaban J connectivity index is 1.41. The maximum atomic E-state index is 14.8. The summed E-state index contributed by atoms with van der Waals surface area (Å²) in [4.78, 5) is 16.3. The molecule has 5 aliphatic rings. The smallest absolute Gasteiger partial charge is 0.411 e. The van der Waals surface area contributed by atoms with Crippen LogP contribution in [0.15, 0.2) is 29.2 Å². The van der Waals surface area contributed by atoms with Gasteiger partial charge in [-0.15, -0.1) is 0 Å². The molecule has 3 aliphatic heterocycles. The fourth-order valence-electron chi connectivity index (χ4n) is 5.69. The Labute approximate surface area is 187 Å². The van der Waals surface area contributed by atoms with Crippen LogP contribution in [0.2, 0.25) is 5.02 Å². The van der Waals surface area contributed by atoms with E-state index < -0.39 is 21.4 Å². The van der Waals surface area contributed by atoms with Crippen molar-refractivity contribution in [3.8, 4) is 0 Å². The van der Waals surface area contributed by atoms with Crippen molar-refractivity contribution in [2.24, 2.45) is 5.92 Å². The Morgan fingerprint density at radius 2 is 2.03 bits per heavy atom. The molecule has 168 valence electrons. The molecule has 1 N–H and O–H groups in total. The van der Waals surface area contributed by atoms with Crippen molar-refractivity contribution in [3.05, 3.63) is 29.3 Å². The van der Waals surface area contributed by atoms with Crippen molar-refractivity contribution in [3.63, 3.8) is 0 Å². The third-order valence-electron chi connectivity index (χ3n) is 7.53. The monoisotopic (exact) mass is 466 g/mol. The quantitative estimate of drug-likeness (QED) is 0.689. The molecular weight excluding hydrogens is 440 g/mol. The van der Waals surface area contributed by atoms with E-state index in [9.17, 15) is 14.1 Å². The number of rotatable bonds is 4. The van der Waals surface area contributed by atoms with E-state index in [4.69, 9.17) is 21.1 Å². The van der Waals surface area contributed by atoms with E-state index >= 15 is 0 Å². The summed E-state index contributed by atoms with van der Waals surface area (Å²) in [7, 11) is -2.69. The Hall–Kier alpha value is -1.32. The number of nitrogens with zero attached hydrogens (tertiary/aromatic N) is 2. The molecule has 3 heterocycles. The second-order valence-electron chi connectivity index (χ2n) is 9.33. The number of fused-ring (bicyclic) bond motifs is 3. The fraction of sp³-hybridized carbons (Fsp3) is 0.636. The molecule has 1 aromatic carbocycles. The molecule has 0 radical (unpaired) electrons. The van der Waals surface area contributed by atoms with Gasteiger partial charge < -0.3 is 19.5 Å². The molecule has 9 heteroatoms. The van der Waals surface area contributed by atoms with E-state index in [-0.39, 0.29) is 24.7 Å². The van der Waals surface area contributed by atoms with Crippen molar-refractivity contribution in [1.29, 1.82) is 0 Å². The normalized spacial score (nSPS) is 39.4. The van der Waals surface area contributed by atoms with Crippen LogP contribution >= 0.6 is 11.6 Å². The molecule has 2 aliphatic carbocycles. The lowest BCUT2D eigenvalue weighted by Crippen LogP contribution is -2.58. The van der Waals surface area contributed by atoms with Crippen LogP contribution in [0, 0.1) is 5.92 Å². The largest absolute Gasteiger partial charge is 0.435 e. The van der Waals surface area contributed by atoms with Crippen LogP contribution in [0.25, 0.3) is 0 Å². The maximum Gasteiger partial charge on any atom is 0.411 e. The number of carbonyl (C=O) groups is 1. The molecule has 5 atom stereocenters. The van der Waals surface area contributed by atoms with Crippen molar-refractivity contribution in [2.75, 3.05) is 26.4 Å². The first-order valence-corrected chi connectivity index (χ1v) is 13.0. The Morgan fingerprint density at radius 1 is 1.26 bits per heavy atom. The van der Waals surface area contributed by atoms with E-state index in [0.717, 1.165) is 35.4 Å². The SMILES string of the molecule is O=C(OC12CC1=S(=O)(c1ccc(Cl)cc1)N1[C@H](C3CC3)COC[C@@H]12)N1CCC[C@H]1CO. The molecule has 2 saturated heterocycles. The molecule has 0 bridgehead atoms. The third-order valence-corrected chi connectivity index (χ3v) is 11.0. The molecule has 2 unspecified atom stereocenters. The van der Waals surface area contributed by atoms with E-state index in [1.54, 1.807) is 17.0 Å². The topological polar surface area (TPSA) is 79.3 Å². The lowest BCUT2D eigenvalue weighted by molar-refractivity contribution is -0.0634. The lowest BCUT2D eigenvalue weighted by atomic mass is 10.0. The van der Waals surface area contributed by atoms with Gasteiger partial charge in [-0.25, -0.2) is 13.3 Å².